The van der Waals surface area contributed by atoms with Crippen LogP contribution in [0, 0.1) is 0 Å². The Morgan fingerprint density at radius 3 is 2.86 bits per heavy atom. The summed E-state index contributed by atoms with van der Waals surface area (Å²) in [6.45, 7) is 2.95. The van der Waals surface area contributed by atoms with E-state index in [0.29, 0.717) is 30.8 Å². The lowest BCUT2D eigenvalue weighted by atomic mass is 10.2. The molecule has 0 atom stereocenters. The fourth-order valence-electron chi connectivity index (χ4n) is 2.32. The van der Waals surface area contributed by atoms with Crippen LogP contribution in [0.15, 0.2) is 30.7 Å². The lowest BCUT2D eigenvalue weighted by Crippen LogP contribution is -2.05. The molecule has 0 amide bonds. The van der Waals surface area contributed by atoms with Crippen molar-refractivity contribution in [2.75, 3.05) is 6.61 Å². The topological polar surface area (TPSA) is 56.5 Å². The van der Waals surface area contributed by atoms with E-state index in [4.69, 9.17) is 9.47 Å². The molecule has 1 N–H and O–H groups in total. The van der Waals surface area contributed by atoms with Gasteiger partial charge in [0.15, 0.2) is 11.5 Å². The smallest absolute Gasteiger partial charge is 0.161 e. The molecule has 112 valence electrons. The molecule has 1 aliphatic carbocycles. The lowest BCUT2D eigenvalue weighted by Gasteiger charge is -2.13. The summed E-state index contributed by atoms with van der Waals surface area (Å²) >= 11 is 0. The molecule has 1 saturated carbocycles. The number of imidazole rings is 1. The van der Waals surface area contributed by atoms with Crippen LogP contribution < -0.4 is 9.47 Å². The first-order valence-corrected chi connectivity index (χ1v) is 7.32. The number of nitrogens with zero attached hydrogens (tertiary/aromatic N) is 2. The Kier molecular flexibility index (Phi) is 4.10. The van der Waals surface area contributed by atoms with Crippen molar-refractivity contribution in [2.45, 2.75) is 39.0 Å². The Morgan fingerprint density at radius 2 is 2.14 bits per heavy atom. The van der Waals surface area contributed by atoms with Gasteiger partial charge in [-0.15, -0.1) is 0 Å². The third-order valence-corrected chi connectivity index (χ3v) is 3.55. The molecule has 1 fully saturated rings. The molecule has 0 saturated heterocycles. The maximum Gasteiger partial charge on any atom is 0.161 e. The van der Waals surface area contributed by atoms with Crippen molar-refractivity contribution >= 4 is 0 Å². The predicted molar refractivity (Wildman–Crippen MR) is 78.4 cm³/mol. The number of hydrogen-bond donors (Lipinski definition) is 1. The molecule has 5 heteroatoms. The maximum atomic E-state index is 9.20. The Labute approximate surface area is 124 Å². The highest BCUT2D eigenvalue weighted by Gasteiger charge is 2.25. The van der Waals surface area contributed by atoms with Crippen molar-refractivity contribution in [1.29, 1.82) is 0 Å². The molecule has 3 rings (SSSR count). The van der Waals surface area contributed by atoms with E-state index in [-0.39, 0.29) is 6.61 Å². The quantitative estimate of drug-likeness (QED) is 0.851. The second-order valence-electron chi connectivity index (χ2n) is 5.18. The van der Waals surface area contributed by atoms with Gasteiger partial charge in [0, 0.05) is 6.04 Å². The summed E-state index contributed by atoms with van der Waals surface area (Å²) in [6.07, 6.45) is 6.16. The van der Waals surface area contributed by atoms with Crippen molar-refractivity contribution in [1.82, 2.24) is 9.55 Å². The highest BCUT2D eigenvalue weighted by molar-refractivity contribution is 5.42. The van der Waals surface area contributed by atoms with E-state index in [0.717, 1.165) is 11.3 Å². The third-order valence-electron chi connectivity index (χ3n) is 3.55. The number of aliphatic hydroxyl groups excluding tert-OH is 1. The molecule has 0 radical (unpaired) electrons. The van der Waals surface area contributed by atoms with Gasteiger partial charge in [0.2, 0.25) is 0 Å². The van der Waals surface area contributed by atoms with Crippen LogP contribution in [0.4, 0.5) is 0 Å². The normalized spacial score (nSPS) is 14.2. The van der Waals surface area contributed by atoms with Gasteiger partial charge in [-0.2, -0.15) is 0 Å². The van der Waals surface area contributed by atoms with Crippen LogP contribution in [0.3, 0.4) is 0 Å². The fourth-order valence-corrected chi connectivity index (χ4v) is 2.32. The number of aliphatic hydroxyl groups is 1. The molecule has 21 heavy (non-hydrogen) atoms. The van der Waals surface area contributed by atoms with Gasteiger partial charge in [-0.25, -0.2) is 4.98 Å². The van der Waals surface area contributed by atoms with E-state index in [1.807, 2.05) is 37.6 Å². The van der Waals surface area contributed by atoms with Crippen molar-refractivity contribution in [3.05, 3.63) is 42.0 Å². The van der Waals surface area contributed by atoms with Gasteiger partial charge in [0.05, 0.1) is 31.4 Å². The fraction of sp³-hybridized carbons (Fsp3) is 0.438. The van der Waals surface area contributed by atoms with Gasteiger partial charge in [0.1, 0.15) is 6.61 Å². The minimum atomic E-state index is -0.00515. The Bertz CT molecular complexity index is 605. The standard InChI is InChI=1S/C16H20N2O3/c1-2-20-16-7-12(9-19)3-6-15(16)21-10-14-8-17-11-18(14)13-4-5-13/h3,6-8,11,13,19H,2,4-5,9-10H2,1H3. The zero-order valence-corrected chi connectivity index (χ0v) is 12.2. The number of hydrogen-bond acceptors (Lipinski definition) is 4. The summed E-state index contributed by atoms with van der Waals surface area (Å²) in [6, 6.07) is 6.09. The van der Waals surface area contributed by atoms with Gasteiger partial charge in [0.25, 0.3) is 0 Å². The van der Waals surface area contributed by atoms with Gasteiger partial charge >= 0.3 is 0 Å². The van der Waals surface area contributed by atoms with E-state index >= 15 is 0 Å². The molecular weight excluding hydrogens is 268 g/mol. The van der Waals surface area contributed by atoms with Crippen LogP contribution >= 0.6 is 0 Å². The van der Waals surface area contributed by atoms with Gasteiger partial charge in [-0.3, -0.25) is 0 Å². The first-order valence-electron chi connectivity index (χ1n) is 7.32. The first kappa shape index (κ1) is 13.9. The summed E-state index contributed by atoms with van der Waals surface area (Å²) in [5.41, 5.74) is 1.89. The summed E-state index contributed by atoms with van der Waals surface area (Å²) in [4.78, 5) is 4.20. The first-order chi connectivity index (χ1) is 10.3. The molecule has 1 aromatic heterocycles. The molecular formula is C16H20N2O3. The lowest BCUT2D eigenvalue weighted by molar-refractivity contribution is 0.259. The molecule has 0 aliphatic heterocycles. The van der Waals surface area contributed by atoms with E-state index in [1.54, 1.807) is 0 Å². The van der Waals surface area contributed by atoms with Crippen molar-refractivity contribution in [2.24, 2.45) is 0 Å². The van der Waals surface area contributed by atoms with Crippen molar-refractivity contribution < 1.29 is 14.6 Å². The zero-order chi connectivity index (χ0) is 14.7. The average molecular weight is 288 g/mol. The number of aromatic nitrogens is 2. The highest BCUT2D eigenvalue weighted by atomic mass is 16.5. The summed E-state index contributed by atoms with van der Waals surface area (Å²) in [5, 5.41) is 9.20. The largest absolute Gasteiger partial charge is 0.490 e. The second-order valence-corrected chi connectivity index (χ2v) is 5.18. The Balaban J connectivity index is 1.73. The van der Waals surface area contributed by atoms with Gasteiger partial charge in [-0.1, -0.05) is 6.07 Å². The highest BCUT2D eigenvalue weighted by Crippen LogP contribution is 2.36. The summed E-state index contributed by atoms with van der Waals surface area (Å²) in [7, 11) is 0. The SMILES string of the molecule is CCOc1cc(CO)ccc1OCc1cncn1C1CC1. The van der Waals surface area contributed by atoms with Crippen LogP contribution in [0.1, 0.15) is 37.1 Å². The van der Waals surface area contributed by atoms with Crippen molar-refractivity contribution in [3.63, 3.8) is 0 Å². The maximum absolute atomic E-state index is 9.20. The van der Waals surface area contributed by atoms with Crippen LogP contribution in [0.25, 0.3) is 0 Å². The van der Waals surface area contributed by atoms with Crippen LogP contribution in [0.2, 0.25) is 0 Å². The number of ether oxygens (including phenoxy) is 2. The zero-order valence-electron chi connectivity index (χ0n) is 12.2. The molecule has 1 aliphatic rings. The minimum Gasteiger partial charge on any atom is -0.490 e. The van der Waals surface area contributed by atoms with E-state index in [2.05, 4.69) is 9.55 Å². The van der Waals surface area contributed by atoms with Crippen LogP contribution in [-0.2, 0) is 13.2 Å². The van der Waals surface area contributed by atoms with Crippen LogP contribution in [0.5, 0.6) is 11.5 Å². The van der Waals surface area contributed by atoms with E-state index in [9.17, 15) is 5.11 Å². The van der Waals surface area contributed by atoms with Crippen molar-refractivity contribution in [3.8, 4) is 11.5 Å². The summed E-state index contributed by atoms with van der Waals surface area (Å²) in [5.74, 6) is 1.36. The second kappa shape index (κ2) is 6.18. The molecule has 0 bridgehead atoms. The predicted octanol–water partition coefficient (Wildman–Crippen LogP) is 2.69. The van der Waals surface area contributed by atoms with E-state index in [1.165, 1.54) is 12.8 Å². The Hall–Kier alpha value is -2.01. The monoisotopic (exact) mass is 288 g/mol. The van der Waals surface area contributed by atoms with Gasteiger partial charge in [-0.05, 0) is 37.5 Å². The number of rotatable bonds is 7. The third kappa shape index (κ3) is 3.19. The van der Waals surface area contributed by atoms with E-state index < -0.39 is 0 Å². The molecule has 0 unspecified atom stereocenters. The minimum absolute atomic E-state index is 0.00515. The molecule has 2 aromatic rings. The molecule has 5 nitrogen and oxygen atoms in total. The average Bonchev–Trinajstić information content (AvgIpc) is 3.25. The molecule has 1 heterocycles. The summed E-state index contributed by atoms with van der Waals surface area (Å²) < 4.78 is 13.6. The molecule has 1 aromatic carbocycles. The Morgan fingerprint density at radius 1 is 1.29 bits per heavy atom. The van der Waals surface area contributed by atoms with Crippen LogP contribution in [-0.4, -0.2) is 21.3 Å². The van der Waals surface area contributed by atoms with Gasteiger partial charge < -0.3 is 19.1 Å². The number of benzene rings is 1. The molecule has 0 spiro atoms.